The number of aromatic nitrogens is 2. The predicted octanol–water partition coefficient (Wildman–Crippen LogP) is 2.36. The Morgan fingerprint density at radius 3 is 2.77 bits per heavy atom. The Morgan fingerprint density at radius 1 is 1.11 bits per heavy atom. The van der Waals surface area contributed by atoms with Crippen LogP contribution in [0.5, 0.6) is 0 Å². The fourth-order valence-electron chi connectivity index (χ4n) is 5.72. The van der Waals surface area contributed by atoms with Gasteiger partial charge in [0.1, 0.15) is 17.3 Å². The highest BCUT2D eigenvalue weighted by atomic mass is 19.1. The third-order valence-electron chi connectivity index (χ3n) is 7.30. The molecule has 0 spiro atoms. The van der Waals surface area contributed by atoms with Gasteiger partial charge in [-0.1, -0.05) is 6.07 Å². The summed E-state index contributed by atoms with van der Waals surface area (Å²) in [5.74, 6) is -0.414. The van der Waals surface area contributed by atoms with E-state index in [2.05, 4.69) is 56.3 Å². The maximum Gasteiger partial charge on any atom is 0.171 e. The van der Waals surface area contributed by atoms with E-state index in [0.717, 1.165) is 51.5 Å². The Bertz CT molecular complexity index is 1280. The molecule has 0 aliphatic carbocycles. The Labute approximate surface area is 204 Å². The van der Waals surface area contributed by atoms with E-state index in [9.17, 15) is 9.65 Å². The SMILES string of the molecule is C[C@@H]1CN(c2ccc(C#N)n3ncc(F)c23)C[C@H](CN2Cc3ccc(N4CCNCC4)cc3C2)O1. The molecule has 2 aromatic heterocycles. The smallest absolute Gasteiger partial charge is 0.171 e. The van der Waals surface area contributed by atoms with Crippen LogP contribution in [0.15, 0.2) is 36.5 Å². The molecule has 2 fully saturated rings. The van der Waals surface area contributed by atoms with Crippen molar-refractivity contribution in [3.05, 3.63) is 59.2 Å². The lowest BCUT2D eigenvalue weighted by molar-refractivity contribution is -0.0329. The molecular formula is C26H30FN7O. The number of ether oxygens (including phenoxy) is 1. The molecule has 182 valence electrons. The minimum absolute atomic E-state index is 0.00220. The van der Waals surface area contributed by atoms with Crippen molar-refractivity contribution in [2.45, 2.75) is 32.2 Å². The van der Waals surface area contributed by atoms with E-state index in [1.807, 2.05) is 6.07 Å². The molecule has 2 saturated heterocycles. The summed E-state index contributed by atoms with van der Waals surface area (Å²) in [5, 5.41) is 16.9. The van der Waals surface area contributed by atoms with Crippen LogP contribution >= 0.6 is 0 Å². The molecule has 5 heterocycles. The second kappa shape index (κ2) is 9.11. The Morgan fingerprint density at radius 2 is 1.94 bits per heavy atom. The molecular weight excluding hydrogens is 445 g/mol. The quantitative estimate of drug-likeness (QED) is 0.621. The molecule has 0 bridgehead atoms. The van der Waals surface area contributed by atoms with E-state index in [-0.39, 0.29) is 12.2 Å². The van der Waals surface area contributed by atoms with Crippen LogP contribution in [0.1, 0.15) is 23.7 Å². The van der Waals surface area contributed by atoms with Crippen LogP contribution in [-0.2, 0) is 17.8 Å². The normalized spacial score (nSPS) is 23.0. The van der Waals surface area contributed by atoms with Gasteiger partial charge in [-0.25, -0.2) is 8.91 Å². The molecule has 1 aromatic carbocycles. The minimum Gasteiger partial charge on any atom is -0.370 e. The zero-order valence-corrected chi connectivity index (χ0v) is 20.0. The molecule has 9 heteroatoms. The maximum atomic E-state index is 14.7. The summed E-state index contributed by atoms with van der Waals surface area (Å²) >= 11 is 0. The number of hydrogen-bond donors (Lipinski definition) is 1. The van der Waals surface area contributed by atoms with Gasteiger partial charge in [0.25, 0.3) is 0 Å². The first-order chi connectivity index (χ1) is 17.1. The molecule has 0 amide bonds. The zero-order valence-electron chi connectivity index (χ0n) is 20.0. The van der Waals surface area contributed by atoms with Gasteiger partial charge in [-0.05, 0) is 42.3 Å². The Hall–Kier alpha value is -3.19. The van der Waals surface area contributed by atoms with Gasteiger partial charge in [-0.2, -0.15) is 10.4 Å². The van der Waals surface area contributed by atoms with Gasteiger partial charge in [0, 0.05) is 64.6 Å². The number of anilines is 2. The number of nitrogens with one attached hydrogen (secondary N) is 1. The summed E-state index contributed by atoms with van der Waals surface area (Å²) in [5.41, 5.74) is 5.53. The highest BCUT2D eigenvalue weighted by Gasteiger charge is 2.31. The van der Waals surface area contributed by atoms with Crippen LogP contribution in [0.25, 0.3) is 5.52 Å². The highest BCUT2D eigenvalue weighted by Crippen LogP contribution is 2.31. The second-order valence-corrected chi connectivity index (χ2v) is 9.80. The number of piperazine rings is 1. The average Bonchev–Trinajstić information content (AvgIpc) is 3.46. The van der Waals surface area contributed by atoms with Crippen LogP contribution in [0.3, 0.4) is 0 Å². The van der Waals surface area contributed by atoms with Crippen LogP contribution in [0.4, 0.5) is 15.8 Å². The summed E-state index contributed by atoms with van der Waals surface area (Å²) in [6.45, 7) is 10.2. The number of benzene rings is 1. The molecule has 8 nitrogen and oxygen atoms in total. The van der Waals surface area contributed by atoms with Gasteiger partial charge in [0.15, 0.2) is 5.82 Å². The molecule has 1 N–H and O–H groups in total. The minimum atomic E-state index is -0.414. The molecule has 2 atom stereocenters. The van der Waals surface area contributed by atoms with Crippen LogP contribution < -0.4 is 15.1 Å². The number of hydrogen-bond acceptors (Lipinski definition) is 7. The number of rotatable bonds is 4. The number of halogens is 1. The molecule has 3 aliphatic rings. The first kappa shape index (κ1) is 22.3. The van der Waals surface area contributed by atoms with E-state index >= 15 is 0 Å². The van der Waals surface area contributed by atoms with Gasteiger partial charge in [0.05, 0.1) is 24.1 Å². The van der Waals surface area contributed by atoms with Crippen molar-refractivity contribution in [1.82, 2.24) is 19.8 Å². The van der Waals surface area contributed by atoms with E-state index in [1.165, 1.54) is 27.5 Å². The third-order valence-corrected chi connectivity index (χ3v) is 7.30. The van der Waals surface area contributed by atoms with Gasteiger partial charge in [-0.3, -0.25) is 4.90 Å². The lowest BCUT2D eigenvalue weighted by Gasteiger charge is -2.39. The van der Waals surface area contributed by atoms with E-state index in [1.54, 1.807) is 6.07 Å². The standard InChI is InChI=1S/C26H30FN7O/c1-18-13-33(25-5-4-22(11-28)34-26(25)24(27)12-30-34)17-23(35-18)16-31-14-19-2-3-21(10-20(19)15-31)32-8-6-29-7-9-32/h2-5,10,12,18,23,29H,6-9,13-17H2,1H3/t18-,23+/m1/s1. The van der Waals surface area contributed by atoms with Gasteiger partial charge in [-0.15, -0.1) is 0 Å². The number of fused-ring (bicyclic) bond motifs is 2. The van der Waals surface area contributed by atoms with Gasteiger partial charge < -0.3 is 19.9 Å². The summed E-state index contributed by atoms with van der Waals surface area (Å²) < 4.78 is 22.4. The van der Waals surface area contributed by atoms with Crippen molar-refractivity contribution in [3.8, 4) is 6.07 Å². The predicted molar refractivity (Wildman–Crippen MR) is 132 cm³/mol. The van der Waals surface area contributed by atoms with Crippen LogP contribution in [0, 0.1) is 17.1 Å². The lowest BCUT2D eigenvalue weighted by Crippen LogP contribution is -2.50. The topological polar surface area (TPSA) is 72.1 Å². The summed E-state index contributed by atoms with van der Waals surface area (Å²) in [4.78, 5) is 7.07. The number of nitriles is 1. The summed E-state index contributed by atoms with van der Waals surface area (Å²) in [7, 11) is 0. The monoisotopic (exact) mass is 475 g/mol. The largest absolute Gasteiger partial charge is 0.370 e. The molecule has 0 saturated carbocycles. The third kappa shape index (κ3) is 4.22. The highest BCUT2D eigenvalue weighted by molar-refractivity contribution is 5.74. The summed E-state index contributed by atoms with van der Waals surface area (Å²) in [6, 6.07) is 12.5. The molecule has 3 aliphatic heterocycles. The molecule has 0 radical (unpaired) electrons. The van der Waals surface area contributed by atoms with Crippen LogP contribution in [0.2, 0.25) is 0 Å². The molecule has 6 rings (SSSR count). The Kier molecular flexibility index (Phi) is 5.80. The summed E-state index contributed by atoms with van der Waals surface area (Å²) in [6.07, 6.45) is 1.19. The van der Waals surface area contributed by atoms with E-state index < -0.39 is 5.82 Å². The van der Waals surface area contributed by atoms with Crippen molar-refractivity contribution in [2.75, 3.05) is 55.6 Å². The number of pyridine rings is 1. The van der Waals surface area contributed by atoms with Crippen molar-refractivity contribution >= 4 is 16.9 Å². The second-order valence-electron chi connectivity index (χ2n) is 9.80. The first-order valence-corrected chi connectivity index (χ1v) is 12.4. The van der Waals surface area contributed by atoms with Crippen molar-refractivity contribution in [3.63, 3.8) is 0 Å². The Balaban J connectivity index is 1.17. The number of morpholine rings is 1. The van der Waals surface area contributed by atoms with Crippen molar-refractivity contribution in [1.29, 1.82) is 5.26 Å². The van der Waals surface area contributed by atoms with Crippen molar-refractivity contribution < 1.29 is 9.13 Å². The number of nitrogens with zero attached hydrogens (tertiary/aromatic N) is 6. The maximum absolute atomic E-state index is 14.7. The van der Waals surface area contributed by atoms with Crippen LogP contribution in [-0.4, -0.2) is 72.5 Å². The average molecular weight is 476 g/mol. The molecule has 0 unspecified atom stereocenters. The molecule has 3 aromatic rings. The fraction of sp³-hybridized carbons (Fsp3) is 0.462. The zero-order chi connectivity index (χ0) is 23.9. The first-order valence-electron chi connectivity index (χ1n) is 12.4. The van der Waals surface area contributed by atoms with E-state index in [4.69, 9.17) is 4.74 Å². The van der Waals surface area contributed by atoms with E-state index in [0.29, 0.717) is 24.3 Å². The lowest BCUT2D eigenvalue weighted by atomic mass is 10.1. The van der Waals surface area contributed by atoms with Crippen molar-refractivity contribution in [2.24, 2.45) is 0 Å². The fourth-order valence-corrected chi connectivity index (χ4v) is 5.72. The van der Waals surface area contributed by atoms with Gasteiger partial charge >= 0.3 is 0 Å². The molecule has 35 heavy (non-hydrogen) atoms. The van der Waals surface area contributed by atoms with Gasteiger partial charge in [0.2, 0.25) is 0 Å².